The molecular weight excluding hydrogens is 443 g/mol. The summed E-state index contributed by atoms with van der Waals surface area (Å²) in [4.78, 5) is 23.8. The summed E-state index contributed by atoms with van der Waals surface area (Å²) in [5.74, 6) is 0.529. The van der Waals surface area contributed by atoms with E-state index >= 15 is 0 Å². The SMILES string of the molecule is O=C(NCc1ccc2ncccc2c1)C1CCN(c2ccc(-c3cc(CO)ccc3F)cn2)CC1. The largest absolute Gasteiger partial charge is 0.392 e. The summed E-state index contributed by atoms with van der Waals surface area (Å²) in [5.41, 5.74) is 3.75. The number of pyridine rings is 2. The highest BCUT2D eigenvalue weighted by Crippen LogP contribution is 2.27. The Hall–Kier alpha value is -3.84. The van der Waals surface area contributed by atoms with Gasteiger partial charge in [0.15, 0.2) is 0 Å². The highest BCUT2D eigenvalue weighted by Gasteiger charge is 2.25. The molecule has 0 atom stereocenters. The van der Waals surface area contributed by atoms with E-state index in [2.05, 4.69) is 26.3 Å². The van der Waals surface area contributed by atoms with Gasteiger partial charge in [0.25, 0.3) is 0 Å². The number of hydrogen-bond acceptors (Lipinski definition) is 5. The van der Waals surface area contributed by atoms with E-state index in [-0.39, 0.29) is 24.2 Å². The van der Waals surface area contributed by atoms with Crippen LogP contribution in [0.2, 0.25) is 0 Å². The number of nitrogens with one attached hydrogen (secondary N) is 1. The van der Waals surface area contributed by atoms with Crippen molar-refractivity contribution in [1.82, 2.24) is 15.3 Å². The molecule has 1 amide bonds. The smallest absolute Gasteiger partial charge is 0.223 e. The number of amides is 1. The van der Waals surface area contributed by atoms with E-state index < -0.39 is 0 Å². The van der Waals surface area contributed by atoms with Crippen molar-refractivity contribution >= 4 is 22.6 Å². The summed E-state index contributed by atoms with van der Waals surface area (Å²) in [6.07, 6.45) is 4.94. The second-order valence-corrected chi connectivity index (χ2v) is 8.89. The van der Waals surface area contributed by atoms with Crippen LogP contribution < -0.4 is 10.2 Å². The quantitative estimate of drug-likeness (QED) is 0.435. The van der Waals surface area contributed by atoms with Gasteiger partial charge in [-0.15, -0.1) is 0 Å². The zero-order chi connectivity index (χ0) is 24.2. The third-order valence-corrected chi connectivity index (χ3v) is 6.60. The Bertz CT molecular complexity index is 1330. The van der Waals surface area contributed by atoms with Gasteiger partial charge in [-0.3, -0.25) is 9.78 Å². The normalized spacial score (nSPS) is 14.3. The first-order valence-corrected chi connectivity index (χ1v) is 11.8. The maximum absolute atomic E-state index is 14.2. The first-order chi connectivity index (χ1) is 17.1. The molecule has 5 rings (SSSR count). The zero-order valence-electron chi connectivity index (χ0n) is 19.3. The van der Waals surface area contributed by atoms with Crippen LogP contribution in [-0.2, 0) is 17.9 Å². The van der Waals surface area contributed by atoms with Crippen LogP contribution in [-0.4, -0.2) is 34.1 Å². The van der Waals surface area contributed by atoms with Crippen LogP contribution in [0.5, 0.6) is 0 Å². The number of aliphatic hydroxyl groups is 1. The van der Waals surface area contributed by atoms with Gasteiger partial charge in [-0.1, -0.05) is 18.2 Å². The van der Waals surface area contributed by atoms with Gasteiger partial charge in [0.1, 0.15) is 11.6 Å². The topological polar surface area (TPSA) is 78.4 Å². The van der Waals surface area contributed by atoms with E-state index in [0.717, 1.165) is 48.2 Å². The number of benzene rings is 2. The molecule has 2 aromatic heterocycles. The minimum absolute atomic E-state index is 0.0250. The van der Waals surface area contributed by atoms with Crippen LogP contribution in [0.3, 0.4) is 0 Å². The van der Waals surface area contributed by atoms with Crippen molar-refractivity contribution in [2.75, 3.05) is 18.0 Å². The molecule has 1 aliphatic rings. The van der Waals surface area contributed by atoms with Gasteiger partial charge in [0.2, 0.25) is 5.91 Å². The van der Waals surface area contributed by atoms with Crippen molar-refractivity contribution < 1.29 is 14.3 Å². The first-order valence-electron chi connectivity index (χ1n) is 11.8. The standard InChI is InChI=1S/C28H27FN4O2/c29-25-6-3-20(18-34)15-24(25)23-5-8-27(31-17-23)33-12-9-21(10-13-33)28(35)32-16-19-4-7-26-22(14-19)2-1-11-30-26/h1-8,11,14-15,17,21,34H,9-10,12-13,16,18H2,(H,32,35). The molecule has 0 unspecified atom stereocenters. The predicted molar refractivity (Wildman–Crippen MR) is 134 cm³/mol. The third-order valence-electron chi connectivity index (χ3n) is 6.60. The molecule has 35 heavy (non-hydrogen) atoms. The van der Waals surface area contributed by atoms with Gasteiger partial charge in [0, 0.05) is 54.5 Å². The van der Waals surface area contributed by atoms with E-state index in [0.29, 0.717) is 23.2 Å². The first kappa shape index (κ1) is 22.9. The molecule has 4 aromatic rings. The molecule has 178 valence electrons. The average Bonchev–Trinajstić information content (AvgIpc) is 2.92. The van der Waals surface area contributed by atoms with Crippen LogP contribution in [0.25, 0.3) is 22.0 Å². The second kappa shape index (κ2) is 10.2. The van der Waals surface area contributed by atoms with Gasteiger partial charge in [0.05, 0.1) is 12.1 Å². The Labute approximate surface area is 203 Å². The molecule has 1 saturated heterocycles. The summed E-state index contributed by atoms with van der Waals surface area (Å²) >= 11 is 0. The molecule has 1 fully saturated rings. The number of aromatic nitrogens is 2. The van der Waals surface area contributed by atoms with Crippen molar-refractivity contribution in [3.63, 3.8) is 0 Å². The number of fused-ring (bicyclic) bond motifs is 1. The molecule has 2 aromatic carbocycles. The Kier molecular flexibility index (Phi) is 6.68. The molecular formula is C28H27FN4O2. The number of rotatable bonds is 6. The number of piperidine rings is 1. The molecule has 3 heterocycles. The Morgan fingerprint density at radius 3 is 2.63 bits per heavy atom. The second-order valence-electron chi connectivity index (χ2n) is 8.89. The summed E-state index contributed by atoms with van der Waals surface area (Å²) in [6, 6.07) is 18.3. The predicted octanol–water partition coefficient (Wildman–Crippen LogP) is 4.46. The zero-order valence-corrected chi connectivity index (χ0v) is 19.3. The molecule has 0 saturated carbocycles. The van der Waals surface area contributed by atoms with Gasteiger partial charge >= 0.3 is 0 Å². The average molecular weight is 471 g/mol. The van der Waals surface area contributed by atoms with Crippen molar-refractivity contribution in [1.29, 1.82) is 0 Å². The number of hydrogen-bond donors (Lipinski definition) is 2. The van der Waals surface area contributed by atoms with Crippen LogP contribution in [0.1, 0.15) is 24.0 Å². The molecule has 0 spiro atoms. The lowest BCUT2D eigenvalue weighted by atomic mass is 9.95. The maximum atomic E-state index is 14.2. The summed E-state index contributed by atoms with van der Waals surface area (Å²) in [6.45, 7) is 1.84. The Morgan fingerprint density at radius 2 is 1.86 bits per heavy atom. The number of carbonyl (C=O) groups excluding carboxylic acids is 1. The van der Waals surface area contributed by atoms with E-state index in [1.807, 2.05) is 36.4 Å². The highest BCUT2D eigenvalue weighted by atomic mass is 19.1. The number of nitrogens with zero attached hydrogens (tertiary/aromatic N) is 3. The van der Waals surface area contributed by atoms with E-state index in [4.69, 9.17) is 0 Å². The van der Waals surface area contributed by atoms with Crippen molar-refractivity contribution in [2.45, 2.75) is 26.0 Å². The highest BCUT2D eigenvalue weighted by molar-refractivity contribution is 5.80. The number of halogens is 1. The minimum atomic E-state index is -0.344. The fraction of sp³-hybridized carbons (Fsp3) is 0.250. The van der Waals surface area contributed by atoms with Gasteiger partial charge in [-0.05, 0) is 66.4 Å². The summed E-state index contributed by atoms with van der Waals surface area (Å²) in [7, 11) is 0. The van der Waals surface area contributed by atoms with Gasteiger partial charge in [-0.2, -0.15) is 0 Å². The Morgan fingerprint density at radius 1 is 1.03 bits per heavy atom. The van der Waals surface area contributed by atoms with Crippen LogP contribution in [0.4, 0.5) is 10.2 Å². The lowest BCUT2D eigenvalue weighted by Crippen LogP contribution is -2.40. The number of aliphatic hydroxyl groups excluding tert-OH is 1. The van der Waals surface area contributed by atoms with Gasteiger partial charge < -0.3 is 15.3 Å². The van der Waals surface area contributed by atoms with Gasteiger partial charge in [-0.25, -0.2) is 9.37 Å². The lowest BCUT2D eigenvalue weighted by Gasteiger charge is -2.32. The summed E-state index contributed by atoms with van der Waals surface area (Å²) in [5, 5.41) is 13.5. The van der Waals surface area contributed by atoms with E-state index in [9.17, 15) is 14.3 Å². The van der Waals surface area contributed by atoms with E-state index in [1.54, 1.807) is 24.5 Å². The lowest BCUT2D eigenvalue weighted by molar-refractivity contribution is -0.125. The molecule has 0 bridgehead atoms. The molecule has 2 N–H and O–H groups in total. The number of carbonyl (C=O) groups is 1. The monoisotopic (exact) mass is 470 g/mol. The van der Waals surface area contributed by atoms with Crippen molar-refractivity contribution in [3.8, 4) is 11.1 Å². The van der Waals surface area contributed by atoms with Crippen LogP contribution >= 0.6 is 0 Å². The summed E-state index contributed by atoms with van der Waals surface area (Å²) < 4.78 is 14.2. The van der Waals surface area contributed by atoms with Crippen LogP contribution in [0, 0.1) is 11.7 Å². The molecule has 0 radical (unpaired) electrons. The third kappa shape index (κ3) is 5.15. The van der Waals surface area contributed by atoms with Crippen molar-refractivity contribution in [2.24, 2.45) is 5.92 Å². The van der Waals surface area contributed by atoms with E-state index in [1.165, 1.54) is 6.07 Å². The van der Waals surface area contributed by atoms with Crippen LogP contribution in [0.15, 0.2) is 73.1 Å². The molecule has 6 nitrogen and oxygen atoms in total. The van der Waals surface area contributed by atoms with Crippen molar-refractivity contribution in [3.05, 3.63) is 90.0 Å². The molecule has 7 heteroatoms. The molecule has 1 aliphatic heterocycles. The maximum Gasteiger partial charge on any atom is 0.223 e. The minimum Gasteiger partial charge on any atom is -0.392 e. The molecule has 0 aliphatic carbocycles. The fourth-order valence-electron chi connectivity index (χ4n) is 4.56. The fourth-order valence-corrected chi connectivity index (χ4v) is 4.56. The number of anilines is 1. The Balaban J connectivity index is 1.16.